The molecule has 0 spiro atoms. The summed E-state index contributed by atoms with van der Waals surface area (Å²) in [5.74, 6) is -0.00856. The summed E-state index contributed by atoms with van der Waals surface area (Å²) in [4.78, 5) is 17.9. The number of aromatic nitrogens is 1. The number of carbonyl (C=O) groups excluding carboxylic acids is 1. The molecule has 0 aliphatic carbocycles. The SMILES string of the molecule is CCCCN(C)C(=O)c1cc(N)cnc1C. The second-order valence-corrected chi connectivity index (χ2v) is 3.98. The van der Waals surface area contributed by atoms with Gasteiger partial charge < -0.3 is 10.6 Å². The van der Waals surface area contributed by atoms with Gasteiger partial charge in [-0.2, -0.15) is 0 Å². The third-order valence-corrected chi connectivity index (χ3v) is 2.53. The molecule has 0 fully saturated rings. The zero-order valence-corrected chi connectivity index (χ0v) is 10.2. The van der Waals surface area contributed by atoms with Crippen molar-refractivity contribution >= 4 is 11.6 Å². The van der Waals surface area contributed by atoms with Gasteiger partial charge in [0.15, 0.2) is 0 Å². The number of hydrogen-bond acceptors (Lipinski definition) is 3. The van der Waals surface area contributed by atoms with Crippen molar-refractivity contribution in [3.63, 3.8) is 0 Å². The average Bonchev–Trinajstić information content (AvgIpc) is 2.28. The highest BCUT2D eigenvalue weighted by Crippen LogP contribution is 2.12. The van der Waals surface area contributed by atoms with Gasteiger partial charge in [-0.05, 0) is 19.4 Å². The molecule has 1 rings (SSSR count). The highest BCUT2D eigenvalue weighted by atomic mass is 16.2. The second-order valence-electron chi connectivity index (χ2n) is 3.98. The molecule has 0 aliphatic rings. The number of nitrogen functional groups attached to an aromatic ring is 1. The Hall–Kier alpha value is -1.58. The molecule has 4 nitrogen and oxygen atoms in total. The van der Waals surface area contributed by atoms with Crippen molar-refractivity contribution in [2.45, 2.75) is 26.7 Å². The molecule has 88 valence electrons. The van der Waals surface area contributed by atoms with Gasteiger partial charge in [0.2, 0.25) is 0 Å². The Morgan fingerprint density at radius 2 is 2.25 bits per heavy atom. The lowest BCUT2D eigenvalue weighted by molar-refractivity contribution is 0.0792. The minimum absolute atomic E-state index is 0.00856. The van der Waals surface area contributed by atoms with Gasteiger partial charge in [0.05, 0.1) is 23.1 Å². The van der Waals surface area contributed by atoms with Gasteiger partial charge in [0, 0.05) is 13.6 Å². The standard InChI is InChI=1S/C12H19N3O/c1-4-5-6-15(3)12(16)11-7-10(13)8-14-9(11)2/h7-8H,4-6,13H2,1-3H3. The van der Waals surface area contributed by atoms with E-state index in [4.69, 9.17) is 5.73 Å². The van der Waals surface area contributed by atoms with E-state index >= 15 is 0 Å². The maximum atomic E-state index is 12.1. The molecule has 1 aromatic rings. The molecule has 16 heavy (non-hydrogen) atoms. The number of anilines is 1. The van der Waals surface area contributed by atoms with E-state index < -0.39 is 0 Å². The van der Waals surface area contributed by atoms with Crippen molar-refractivity contribution in [1.82, 2.24) is 9.88 Å². The highest BCUT2D eigenvalue weighted by molar-refractivity contribution is 5.95. The summed E-state index contributed by atoms with van der Waals surface area (Å²) in [5, 5.41) is 0. The van der Waals surface area contributed by atoms with Gasteiger partial charge in [-0.25, -0.2) is 0 Å². The molecule has 1 amide bonds. The summed E-state index contributed by atoms with van der Waals surface area (Å²) in [6.07, 6.45) is 3.65. The topological polar surface area (TPSA) is 59.2 Å². The molecule has 0 aliphatic heterocycles. The van der Waals surface area contributed by atoms with E-state index in [2.05, 4.69) is 11.9 Å². The molecule has 0 unspecified atom stereocenters. The van der Waals surface area contributed by atoms with Crippen LogP contribution >= 0.6 is 0 Å². The number of pyridine rings is 1. The first-order chi connectivity index (χ1) is 7.56. The molecule has 0 bridgehead atoms. The fraction of sp³-hybridized carbons (Fsp3) is 0.500. The molecule has 4 heteroatoms. The monoisotopic (exact) mass is 221 g/mol. The molecule has 0 radical (unpaired) electrons. The molecule has 0 atom stereocenters. The van der Waals surface area contributed by atoms with Crippen LogP contribution in [0, 0.1) is 6.92 Å². The van der Waals surface area contributed by atoms with E-state index in [1.54, 1.807) is 24.2 Å². The number of rotatable bonds is 4. The van der Waals surface area contributed by atoms with Crippen LogP contribution in [-0.4, -0.2) is 29.4 Å². The molecule has 0 saturated carbocycles. The average molecular weight is 221 g/mol. The molecular weight excluding hydrogens is 202 g/mol. The van der Waals surface area contributed by atoms with E-state index in [-0.39, 0.29) is 5.91 Å². The van der Waals surface area contributed by atoms with Crippen LogP contribution in [0.4, 0.5) is 5.69 Å². The first-order valence-electron chi connectivity index (χ1n) is 5.53. The van der Waals surface area contributed by atoms with E-state index in [1.807, 2.05) is 6.92 Å². The Balaban J connectivity index is 2.83. The number of hydrogen-bond donors (Lipinski definition) is 1. The van der Waals surface area contributed by atoms with Crippen molar-refractivity contribution < 1.29 is 4.79 Å². The number of carbonyl (C=O) groups is 1. The van der Waals surface area contributed by atoms with Gasteiger partial charge >= 0.3 is 0 Å². The second kappa shape index (κ2) is 5.49. The molecule has 1 heterocycles. The highest BCUT2D eigenvalue weighted by Gasteiger charge is 2.14. The van der Waals surface area contributed by atoms with Crippen LogP contribution in [0.1, 0.15) is 35.8 Å². The van der Waals surface area contributed by atoms with Crippen molar-refractivity contribution in [2.24, 2.45) is 0 Å². The summed E-state index contributed by atoms with van der Waals surface area (Å²) >= 11 is 0. The first-order valence-corrected chi connectivity index (χ1v) is 5.53. The van der Waals surface area contributed by atoms with Crippen LogP contribution in [-0.2, 0) is 0 Å². The van der Waals surface area contributed by atoms with Crippen LogP contribution in [0.3, 0.4) is 0 Å². The lowest BCUT2D eigenvalue weighted by Crippen LogP contribution is -2.28. The van der Waals surface area contributed by atoms with Crippen molar-refractivity contribution in [3.8, 4) is 0 Å². The zero-order valence-electron chi connectivity index (χ0n) is 10.2. The lowest BCUT2D eigenvalue weighted by Gasteiger charge is -2.17. The van der Waals surface area contributed by atoms with E-state index in [0.29, 0.717) is 11.3 Å². The van der Waals surface area contributed by atoms with Gasteiger partial charge in [-0.3, -0.25) is 9.78 Å². The smallest absolute Gasteiger partial charge is 0.255 e. The molecule has 0 aromatic carbocycles. The molecule has 1 aromatic heterocycles. The van der Waals surface area contributed by atoms with Crippen LogP contribution in [0.5, 0.6) is 0 Å². The van der Waals surface area contributed by atoms with Crippen LogP contribution in [0.25, 0.3) is 0 Å². The zero-order chi connectivity index (χ0) is 12.1. The van der Waals surface area contributed by atoms with Crippen LogP contribution < -0.4 is 5.73 Å². The van der Waals surface area contributed by atoms with Crippen LogP contribution in [0.15, 0.2) is 12.3 Å². The number of amides is 1. The third-order valence-electron chi connectivity index (χ3n) is 2.53. The number of aryl methyl sites for hydroxylation is 1. The Morgan fingerprint density at radius 1 is 1.56 bits per heavy atom. The van der Waals surface area contributed by atoms with Crippen molar-refractivity contribution in [3.05, 3.63) is 23.5 Å². The van der Waals surface area contributed by atoms with Gasteiger partial charge in [-0.1, -0.05) is 13.3 Å². The molecule has 0 saturated heterocycles. The number of nitrogens with two attached hydrogens (primary N) is 1. The molecular formula is C12H19N3O. The Bertz CT molecular complexity index is 377. The van der Waals surface area contributed by atoms with Crippen molar-refractivity contribution in [2.75, 3.05) is 19.3 Å². The lowest BCUT2D eigenvalue weighted by atomic mass is 10.1. The number of nitrogens with zero attached hydrogens (tertiary/aromatic N) is 2. The minimum atomic E-state index is -0.00856. The largest absolute Gasteiger partial charge is 0.397 e. The summed E-state index contributed by atoms with van der Waals surface area (Å²) in [5.41, 5.74) is 7.48. The maximum absolute atomic E-state index is 12.1. The Labute approximate surface area is 96.5 Å². The Kier molecular flexibility index (Phi) is 4.28. The van der Waals surface area contributed by atoms with Gasteiger partial charge in [0.1, 0.15) is 0 Å². The summed E-state index contributed by atoms with van der Waals surface area (Å²) in [6.45, 7) is 4.69. The van der Waals surface area contributed by atoms with E-state index in [0.717, 1.165) is 25.1 Å². The van der Waals surface area contributed by atoms with E-state index in [9.17, 15) is 4.79 Å². The third kappa shape index (κ3) is 2.95. The predicted octanol–water partition coefficient (Wildman–Crippen LogP) is 1.84. The molecule has 2 N–H and O–H groups in total. The first kappa shape index (κ1) is 12.5. The maximum Gasteiger partial charge on any atom is 0.255 e. The number of unbranched alkanes of at least 4 members (excludes halogenated alkanes) is 1. The summed E-state index contributed by atoms with van der Waals surface area (Å²) in [7, 11) is 1.81. The van der Waals surface area contributed by atoms with Crippen LogP contribution in [0.2, 0.25) is 0 Å². The fourth-order valence-corrected chi connectivity index (χ4v) is 1.47. The summed E-state index contributed by atoms with van der Waals surface area (Å²) < 4.78 is 0. The minimum Gasteiger partial charge on any atom is -0.397 e. The summed E-state index contributed by atoms with van der Waals surface area (Å²) in [6, 6.07) is 1.69. The van der Waals surface area contributed by atoms with E-state index in [1.165, 1.54) is 0 Å². The van der Waals surface area contributed by atoms with Gasteiger partial charge in [0.25, 0.3) is 5.91 Å². The quantitative estimate of drug-likeness (QED) is 0.844. The normalized spacial score (nSPS) is 10.2. The van der Waals surface area contributed by atoms with Crippen molar-refractivity contribution in [1.29, 1.82) is 0 Å². The van der Waals surface area contributed by atoms with Gasteiger partial charge in [-0.15, -0.1) is 0 Å². The Morgan fingerprint density at radius 3 is 2.88 bits per heavy atom. The fourth-order valence-electron chi connectivity index (χ4n) is 1.47. The predicted molar refractivity (Wildman–Crippen MR) is 65.3 cm³/mol.